The zero-order valence-corrected chi connectivity index (χ0v) is 18.4. The summed E-state index contributed by atoms with van der Waals surface area (Å²) in [4.78, 5) is 14.2. The van der Waals surface area contributed by atoms with Crippen LogP contribution >= 0.6 is 0 Å². The molecule has 2 aromatic rings. The first-order chi connectivity index (χ1) is 14.7. The lowest BCUT2D eigenvalue weighted by molar-refractivity contribution is 0.0658. The zero-order valence-electron chi connectivity index (χ0n) is 16.8. The van der Waals surface area contributed by atoms with Gasteiger partial charge in [-0.15, -0.1) is 0 Å². The number of nitrogens with zero attached hydrogens (tertiary/aromatic N) is 2. The zero-order chi connectivity index (χ0) is 22.2. The predicted molar refractivity (Wildman–Crippen MR) is 112 cm³/mol. The van der Waals surface area contributed by atoms with Gasteiger partial charge in [0, 0.05) is 31.7 Å². The summed E-state index contributed by atoms with van der Waals surface area (Å²) in [5.74, 6) is -0.873. The van der Waals surface area contributed by atoms with Crippen LogP contribution in [0.15, 0.2) is 58.3 Å². The Kier molecular flexibility index (Phi) is 5.89. The maximum atomic E-state index is 13.0. The number of benzene rings is 2. The van der Waals surface area contributed by atoms with Crippen molar-refractivity contribution in [3.8, 4) is 0 Å². The molecule has 2 saturated heterocycles. The highest BCUT2D eigenvalue weighted by Gasteiger charge is 2.40. The van der Waals surface area contributed by atoms with E-state index in [-0.39, 0.29) is 28.8 Å². The van der Waals surface area contributed by atoms with Crippen molar-refractivity contribution in [3.05, 3.63) is 59.9 Å². The third kappa shape index (κ3) is 4.24. The Balaban J connectivity index is 1.41. The Morgan fingerprint density at radius 3 is 1.94 bits per heavy atom. The molecule has 2 aromatic carbocycles. The van der Waals surface area contributed by atoms with Gasteiger partial charge in [-0.1, -0.05) is 6.42 Å². The van der Waals surface area contributed by atoms with Gasteiger partial charge >= 0.3 is 0 Å². The molecule has 2 heterocycles. The Labute approximate surface area is 181 Å². The van der Waals surface area contributed by atoms with E-state index in [2.05, 4.69) is 0 Å². The lowest BCUT2D eigenvalue weighted by Crippen LogP contribution is -2.56. The van der Waals surface area contributed by atoms with Gasteiger partial charge < -0.3 is 4.90 Å². The van der Waals surface area contributed by atoms with Crippen LogP contribution in [0.25, 0.3) is 0 Å². The summed E-state index contributed by atoms with van der Waals surface area (Å²) in [6.07, 6.45) is 2.70. The minimum atomic E-state index is -3.65. The minimum absolute atomic E-state index is 0.0262. The molecule has 0 saturated carbocycles. The fourth-order valence-corrected chi connectivity index (χ4v) is 6.99. The highest BCUT2D eigenvalue weighted by atomic mass is 32.2. The molecule has 0 radical (unpaired) electrons. The molecule has 7 nitrogen and oxygen atoms in total. The van der Waals surface area contributed by atoms with Crippen LogP contribution in [0, 0.1) is 5.82 Å². The van der Waals surface area contributed by atoms with E-state index in [1.807, 2.05) is 0 Å². The number of sulfonamides is 1. The molecule has 166 valence electrons. The number of rotatable bonds is 5. The maximum Gasteiger partial charge on any atom is 0.253 e. The molecule has 10 heteroatoms. The first-order valence-corrected chi connectivity index (χ1v) is 13.1. The smallest absolute Gasteiger partial charge is 0.253 e. The first-order valence-electron chi connectivity index (χ1n) is 10.1. The Morgan fingerprint density at radius 2 is 1.35 bits per heavy atom. The molecule has 0 N–H and O–H groups in total. The van der Waals surface area contributed by atoms with Crippen LogP contribution in [0.5, 0.6) is 0 Å². The molecular formula is C21H23FN2O5S2. The van der Waals surface area contributed by atoms with E-state index in [1.54, 1.807) is 0 Å². The van der Waals surface area contributed by atoms with Crippen LogP contribution in [0.1, 0.15) is 29.6 Å². The topological polar surface area (TPSA) is 91.8 Å². The molecule has 0 spiro atoms. The van der Waals surface area contributed by atoms with Gasteiger partial charge in [0.2, 0.25) is 10.0 Å². The van der Waals surface area contributed by atoms with Gasteiger partial charge in [-0.2, -0.15) is 4.31 Å². The molecule has 1 amide bonds. The SMILES string of the molecule is O=C(c1ccc(S(=O)(=O)N2CCCCC2)cc1)N1CC(S(=O)(=O)c2ccc(F)cc2)C1. The van der Waals surface area contributed by atoms with Crippen molar-refractivity contribution in [1.29, 1.82) is 0 Å². The number of carbonyl (C=O) groups is 1. The predicted octanol–water partition coefficient (Wildman–Crippen LogP) is 2.30. The number of amides is 1. The van der Waals surface area contributed by atoms with Gasteiger partial charge in [-0.25, -0.2) is 21.2 Å². The number of hydrogen-bond acceptors (Lipinski definition) is 5. The second kappa shape index (κ2) is 8.33. The molecule has 0 unspecified atom stereocenters. The Bertz CT molecular complexity index is 1170. The fraction of sp³-hybridized carbons (Fsp3) is 0.381. The number of halogens is 1. The van der Waals surface area contributed by atoms with Crippen LogP contribution in [0.4, 0.5) is 4.39 Å². The van der Waals surface area contributed by atoms with Crippen molar-refractivity contribution < 1.29 is 26.0 Å². The van der Waals surface area contributed by atoms with Gasteiger partial charge in [-0.3, -0.25) is 4.79 Å². The van der Waals surface area contributed by atoms with E-state index in [0.29, 0.717) is 18.7 Å². The largest absolute Gasteiger partial charge is 0.336 e. The molecule has 0 atom stereocenters. The summed E-state index contributed by atoms with van der Waals surface area (Å²) in [7, 11) is -7.23. The van der Waals surface area contributed by atoms with Crippen molar-refractivity contribution in [2.24, 2.45) is 0 Å². The molecule has 0 bridgehead atoms. The van der Waals surface area contributed by atoms with Gasteiger partial charge in [0.05, 0.1) is 9.79 Å². The summed E-state index contributed by atoms with van der Waals surface area (Å²) in [6, 6.07) is 10.4. The Morgan fingerprint density at radius 1 is 0.806 bits per heavy atom. The number of carbonyl (C=O) groups excluding carboxylic acids is 1. The molecule has 2 aliphatic rings. The number of sulfone groups is 1. The van der Waals surface area contributed by atoms with Crippen LogP contribution in [-0.4, -0.2) is 63.4 Å². The van der Waals surface area contributed by atoms with E-state index in [9.17, 15) is 26.0 Å². The van der Waals surface area contributed by atoms with Gasteiger partial charge in [0.15, 0.2) is 9.84 Å². The third-order valence-electron chi connectivity index (χ3n) is 5.77. The highest BCUT2D eigenvalue weighted by molar-refractivity contribution is 7.92. The lowest BCUT2D eigenvalue weighted by atomic mass is 10.1. The average Bonchev–Trinajstić information content (AvgIpc) is 2.73. The number of likely N-dealkylation sites (tertiary alicyclic amines) is 1. The first kappa shape index (κ1) is 21.9. The standard InChI is InChI=1S/C21H23FN2O5S2/c22-17-6-10-18(11-7-17)30(26,27)20-14-23(15-20)21(25)16-4-8-19(9-5-16)31(28,29)24-12-2-1-3-13-24/h4-11,20H,1-3,12-15H2. The molecule has 0 aromatic heterocycles. The molecule has 2 fully saturated rings. The van der Waals surface area contributed by atoms with Gasteiger partial charge in [0.25, 0.3) is 5.91 Å². The highest BCUT2D eigenvalue weighted by Crippen LogP contribution is 2.26. The fourth-order valence-electron chi connectivity index (χ4n) is 3.82. The van der Waals surface area contributed by atoms with Gasteiger partial charge in [-0.05, 0) is 61.4 Å². The van der Waals surface area contributed by atoms with E-state index in [1.165, 1.54) is 45.6 Å². The van der Waals surface area contributed by atoms with E-state index < -0.39 is 30.9 Å². The van der Waals surface area contributed by atoms with E-state index in [0.717, 1.165) is 31.4 Å². The summed E-state index contributed by atoms with van der Waals surface area (Å²) in [6.45, 7) is 1.07. The van der Waals surface area contributed by atoms with Crippen molar-refractivity contribution in [2.45, 2.75) is 34.3 Å². The van der Waals surface area contributed by atoms with Crippen LogP contribution in [0.2, 0.25) is 0 Å². The van der Waals surface area contributed by atoms with Crippen molar-refractivity contribution in [1.82, 2.24) is 9.21 Å². The molecule has 2 aliphatic heterocycles. The van der Waals surface area contributed by atoms with Crippen LogP contribution in [0.3, 0.4) is 0 Å². The summed E-state index contributed by atoms with van der Waals surface area (Å²) in [5.41, 5.74) is 0.301. The molecular weight excluding hydrogens is 443 g/mol. The van der Waals surface area contributed by atoms with Crippen molar-refractivity contribution >= 4 is 25.8 Å². The Hall–Kier alpha value is -2.30. The maximum absolute atomic E-state index is 13.0. The molecule has 4 rings (SSSR count). The van der Waals surface area contributed by atoms with E-state index >= 15 is 0 Å². The number of hydrogen-bond donors (Lipinski definition) is 0. The normalized spacial score (nSPS) is 18.5. The second-order valence-corrected chi connectivity index (χ2v) is 12.0. The lowest BCUT2D eigenvalue weighted by Gasteiger charge is -2.38. The molecule has 31 heavy (non-hydrogen) atoms. The van der Waals surface area contributed by atoms with Crippen LogP contribution in [-0.2, 0) is 19.9 Å². The average molecular weight is 467 g/mol. The van der Waals surface area contributed by atoms with Crippen molar-refractivity contribution in [2.75, 3.05) is 26.2 Å². The summed E-state index contributed by atoms with van der Waals surface area (Å²) < 4.78 is 65.2. The summed E-state index contributed by atoms with van der Waals surface area (Å²) in [5, 5.41) is -0.749. The quantitative estimate of drug-likeness (QED) is 0.631. The second-order valence-electron chi connectivity index (χ2n) is 7.82. The van der Waals surface area contributed by atoms with Gasteiger partial charge in [0.1, 0.15) is 11.1 Å². The molecule has 0 aliphatic carbocycles. The van der Waals surface area contributed by atoms with Crippen molar-refractivity contribution in [3.63, 3.8) is 0 Å². The van der Waals surface area contributed by atoms with Crippen LogP contribution < -0.4 is 0 Å². The third-order valence-corrected chi connectivity index (χ3v) is 9.79. The number of piperidine rings is 1. The monoisotopic (exact) mass is 466 g/mol. The van der Waals surface area contributed by atoms with E-state index in [4.69, 9.17) is 0 Å². The minimum Gasteiger partial charge on any atom is -0.336 e. The summed E-state index contributed by atoms with van der Waals surface area (Å²) >= 11 is 0.